The zero-order valence-electron chi connectivity index (χ0n) is 13.2. The topological polar surface area (TPSA) is 130 Å². The van der Waals surface area contributed by atoms with Gasteiger partial charge in [0, 0.05) is 0 Å². The molecule has 0 fully saturated rings. The first-order chi connectivity index (χ1) is 11.2. The number of nitrogens with zero attached hydrogens (tertiary/aromatic N) is 1. The lowest BCUT2D eigenvalue weighted by Crippen LogP contribution is -2.45. The van der Waals surface area contributed by atoms with Crippen molar-refractivity contribution in [3.05, 3.63) is 24.3 Å². The van der Waals surface area contributed by atoms with E-state index in [0.717, 1.165) is 12.1 Å². The Balaban J connectivity index is 3.11. The lowest BCUT2D eigenvalue weighted by Gasteiger charge is -2.22. The number of hydroxylamine groups is 1. The second-order valence-corrected chi connectivity index (χ2v) is 6.53. The van der Waals surface area contributed by atoms with Gasteiger partial charge in [-0.2, -0.15) is 0 Å². The van der Waals surface area contributed by atoms with Gasteiger partial charge < -0.3 is 14.6 Å². The van der Waals surface area contributed by atoms with Crippen LogP contribution >= 0.6 is 0 Å². The molecule has 0 saturated heterocycles. The number of carbonyl (C=O) groups is 2. The molecule has 0 aromatic heterocycles. The zero-order chi connectivity index (χ0) is 18.3. The van der Waals surface area contributed by atoms with E-state index in [9.17, 15) is 23.2 Å². The maximum Gasteiger partial charge on any atom is 0.327 e. The lowest BCUT2D eigenvalue weighted by atomic mass is 10.2. The molecule has 0 spiro atoms. The maximum atomic E-state index is 12.4. The van der Waals surface area contributed by atoms with Crippen molar-refractivity contribution in [3.63, 3.8) is 0 Å². The first-order valence-corrected chi connectivity index (χ1v) is 8.43. The van der Waals surface area contributed by atoms with Crippen molar-refractivity contribution in [2.75, 3.05) is 13.7 Å². The summed E-state index contributed by atoms with van der Waals surface area (Å²) in [6.07, 6.45) is -0.476. The van der Waals surface area contributed by atoms with Crippen LogP contribution in [0.2, 0.25) is 0 Å². The third kappa shape index (κ3) is 4.91. The molecule has 0 aliphatic heterocycles. The number of benzene rings is 1. The number of carboxylic acid groups (broad SMARTS) is 1. The minimum atomic E-state index is -4.51. The fourth-order valence-electron chi connectivity index (χ4n) is 1.74. The van der Waals surface area contributed by atoms with Crippen molar-refractivity contribution >= 4 is 22.0 Å². The van der Waals surface area contributed by atoms with Gasteiger partial charge in [-0.05, 0) is 30.7 Å². The number of carbonyl (C=O) groups excluding carboxylic acids is 1. The molecule has 1 aromatic rings. The third-order valence-corrected chi connectivity index (χ3v) is 4.57. The Bertz CT molecular complexity index is 671. The third-order valence-electron chi connectivity index (χ3n) is 2.96. The molecule has 0 amide bonds. The van der Waals surface area contributed by atoms with Gasteiger partial charge in [-0.15, -0.1) is 0 Å². The summed E-state index contributed by atoms with van der Waals surface area (Å²) in [6, 6.07) is 3.13. The molecule has 134 valence electrons. The fraction of sp³-hybridized carbons (Fsp3) is 0.429. The number of ether oxygens (including phenoxy) is 2. The maximum absolute atomic E-state index is 12.4. The molecule has 9 nitrogen and oxygen atoms in total. The summed E-state index contributed by atoms with van der Waals surface area (Å²) in [5.41, 5.74) is 0. The summed E-state index contributed by atoms with van der Waals surface area (Å²) in [5.74, 6) is -2.21. The molecule has 0 aliphatic carbocycles. The molecule has 1 atom stereocenters. The van der Waals surface area contributed by atoms with E-state index >= 15 is 0 Å². The highest BCUT2D eigenvalue weighted by molar-refractivity contribution is 7.89. The Hall–Kier alpha value is -2.17. The van der Waals surface area contributed by atoms with Gasteiger partial charge >= 0.3 is 11.9 Å². The van der Waals surface area contributed by atoms with Gasteiger partial charge in [0.1, 0.15) is 5.75 Å². The molecule has 0 heterocycles. The molecule has 0 saturated carbocycles. The largest absolute Gasteiger partial charge is 0.497 e. The molecule has 10 heteroatoms. The number of sulfonamides is 1. The minimum Gasteiger partial charge on any atom is -0.497 e. The normalized spacial score (nSPS) is 12.7. The molecule has 24 heavy (non-hydrogen) atoms. The number of esters is 1. The van der Waals surface area contributed by atoms with Crippen molar-refractivity contribution in [1.29, 1.82) is 0 Å². The number of aliphatic carboxylic acids is 1. The van der Waals surface area contributed by atoms with E-state index in [-0.39, 0.29) is 16.0 Å². The average molecular weight is 361 g/mol. The summed E-state index contributed by atoms with van der Waals surface area (Å²) >= 11 is 0. The SMILES string of the molecule is CCCOC(=O)[C@@H](CC(=O)O)N(O)S(=O)(=O)c1ccc(OC)cc1. The van der Waals surface area contributed by atoms with Gasteiger partial charge in [-0.1, -0.05) is 11.4 Å². The van der Waals surface area contributed by atoms with E-state index in [1.165, 1.54) is 19.2 Å². The van der Waals surface area contributed by atoms with Gasteiger partial charge in [0.15, 0.2) is 6.04 Å². The predicted molar refractivity (Wildman–Crippen MR) is 81.1 cm³/mol. The number of carboxylic acids is 1. The summed E-state index contributed by atoms with van der Waals surface area (Å²) in [4.78, 5) is 22.4. The second-order valence-electron chi connectivity index (χ2n) is 4.73. The van der Waals surface area contributed by atoms with Crippen molar-refractivity contribution in [1.82, 2.24) is 4.47 Å². The summed E-state index contributed by atoms with van der Waals surface area (Å²) in [5, 5.41) is 18.8. The van der Waals surface area contributed by atoms with Gasteiger partial charge in [0.05, 0.1) is 25.0 Å². The van der Waals surface area contributed by atoms with Crippen molar-refractivity contribution in [3.8, 4) is 5.75 Å². The van der Waals surface area contributed by atoms with Gasteiger partial charge in [-0.25, -0.2) is 8.42 Å². The molecule has 0 radical (unpaired) electrons. The van der Waals surface area contributed by atoms with E-state index < -0.39 is 34.4 Å². The first kappa shape index (κ1) is 19.9. The molecule has 2 N–H and O–H groups in total. The van der Waals surface area contributed by atoms with E-state index in [4.69, 9.17) is 14.6 Å². The van der Waals surface area contributed by atoms with E-state index in [2.05, 4.69) is 0 Å². The number of rotatable bonds is 9. The molecular formula is C14H19NO8S. The Morgan fingerprint density at radius 1 is 1.25 bits per heavy atom. The number of hydrogen-bond acceptors (Lipinski definition) is 7. The summed E-state index contributed by atoms with van der Waals surface area (Å²) < 4.78 is 34.1. The molecule has 1 aromatic carbocycles. The van der Waals surface area contributed by atoms with Gasteiger partial charge in [0.25, 0.3) is 10.0 Å². The monoisotopic (exact) mass is 361 g/mol. The van der Waals surface area contributed by atoms with Gasteiger partial charge in [-0.3, -0.25) is 14.8 Å². The Kier molecular flexibility index (Phi) is 7.14. The molecule has 0 aliphatic rings. The van der Waals surface area contributed by atoms with Crippen molar-refractivity contribution in [2.24, 2.45) is 0 Å². The van der Waals surface area contributed by atoms with Gasteiger partial charge in [0.2, 0.25) is 0 Å². The van der Waals surface area contributed by atoms with Crippen LogP contribution < -0.4 is 4.74 Å². The van der Waals surface area contributed by atoms with E-state index in [1.54, 1.807) is 6.92 Å². The van der Waals surface area contributed by atoms with Crippen molar-refractivity contribution in [2.45, 2.75) is 30.7 Å². The molecular weight excluding hydrogens is 342 g/mol. The molecule has 0 unspecified atom stereocenters. The molecule has 0 bridgehead atoms. The van der Waals surface area contributed by atoms with Crippen LogP contribution in [0.15, 0.2) is 29.2 Å². The van der Waals surface area contributed by atoms with Crippen LogP contribution in [0.4, 0.5) is 0 Å². The average Bonchev–Trinajstić information content (AvgIpc) is 2.56. The van der Waals surface area contributed by atoms with Crippen LogP contribution in [0.3, 0.4) is 0 Å². The van der Waals surface area contributed by atoms with E-state index in [0.29, 0.717) is 12.2 Å². The summed E-state index contributed by atoms with van der Waals surface area (Å²) in [7, 11) is -3.11. The first-order valence-electron chi connectivity index (χ1n) is 6.99. The number of methoxy groups -OCH3 is 1. The predicted octanol–water partition coefficient (Wildman–Crippen LogP) is 0.872. The Labute approximate surface area is 139 Å². The minimum absolute atomic E-state index is 0.0224. The smallest absolute Gasteiger partial charge is 0.327 e. The Morgan fingerprint density at radius 2 is 1.83 bits per heavy atom. The van der Waals surface area contributed by atoms with Crippen LogP contribution in [-0.4, -0.2) is 54.9 Å². The second kappa shape index (κ2) is 8.62. The highest BCUT2D eigenvalue weighted by atomic mass is 32.2. The zero-order valence-corrected chi connectivity index (χ0v) is 14.0. The van der Waals surface area contributed by atoms with Crippen LogP contribution in [0.1, 0.15) is 19.8 Å². The highest BCUT2D eigenvalue weighted by Gasteiger charge is 2.37. The van der Waals surface area contributed by atoms with Crippen LogP contribution in [0.25, 0.3) is 0 Å². The van der Waals surface area contributed by atoms with Crippen LogP contribution in [0, 0.1) is 0 Å². The van der Waals surface area contributed by atoms with E-state index in [1.807, 2.05) is 0 Å². The molecule has 1 rings (SSSR count). The Morgan fingerprint density at radius 3 is 2.29 bits per heavy atom. The summed E-state index contributed by atoms with van der Waals surface area (Å²) in [6.45, 7) is 1.69. The number of hydrogen-bond donors (Lipinski definition) is 2. The highest BCUT2D eigenvalue weighted by Crippen LogP contribution is 2.21. The quantitative estimate of drug-likeness (QED) is 0.489. The lowest BCUT2D eigenvalue weighted by molar-refractivity contribution is -0.163. The van der Waals surface area contributed by atoms with Crippen LogP contribution in [-0.2, 0) is 24.3 Å². The van der Waals surface area contributed by atoms with Crippen LogP contribution in [0.5, 0.6) is 5.75 Å². The van der Waals surface area contributed by atoms with Crippen molar-refractivity contribution < 1.29 is 37.8 Å². The fourth-order valence-corrected chi connectivity index (χ4v) is 2.93. The standard InChI is InChI=1S/C14H19NO8S/c1-3-8-23-14(18)12(9-13(16)17)15(19)24(20,21)11-6-4-10(22-2)5-7-11/h4-7,12,19H,3,8-9H2,1-2H3,(H,16,17)/t12-/m1/s1.